The van der Waals surface area contributed by atoms with Gasteiger partial charge >= 0.3 is 0 Å². The lowest BCUT2D eigenvalue weighted by molar-refractivity contribution is 0.447. The van der Waals surface area contributed by atoms with Crippen LogP contribution in [-0.2, 0) is 0 Å². The fourth-order valence-corrected chi connectivity index (χ4v) is 4.15. The highest BCUT2D eigenvalue weighted by molar-refractivity contribution is 6.21. The van der Waals surface area contributed by atoms with Gasteiger partial charge < -0.3 is 0 Å². The summed E-state index contributed by atoms with van der Waals surface area (Å²) in [6.07, 6.45) is 0. The molecule has 0 radical (unpaired) electrons. The van der Waals surface area contributed by atoms with Crippen molar-refractivity contribution in [3.63, 3.8) is 0 Å². The van der Waals surface area contributed by atoms with Crippen molar-refractivity contribution in [3.05, 3.63) is 108 Å². The summed E-state index contributed by atoms with van der Waals surface area (Å²) in [7, 11) is 0. The van der Waals surface area contributed by atoms with Gasteiger partial charge in [-0.15, -0.1) is 0 Å². The van der Waals surface area contributed by atoms with Gasteiger partial charge in [-0.1, -0.05) is 48.5 Å². The normalized spacial score (nSPS) is 11.4. The highest BCUT2D eigenvalue weighted by Crippen LogP contribution is 2.44. The van der Waals surface area contributed by atoms with E-state index < -0.39 is 34.9 Å². The van der Waals surface area contributed by atoms with Crippen molar-refractivity contribution in [1.29, 1.82) is 0 Å². The SMILES string of the molecule is Fc1cc(-c2c3ccccc3c(-c3cc(F)c(F)c(F)c3)c3ccccc23)cc(F)c1F. The van der Waals surface area contributed by atoms with Crippen LogP contribution in [0.5, 0.6) is 0 Å². The van der Waals surface area contributed by atoms with Crippen molar-refractivity contribution in [3.8, 4) is 22.3 Å². The highest BCUT2D eigenvalue weighted by Gasteiger charge is 2.21. The molecule has 0 fully saturated rings. The Hall–Kier alpha value is -3.80. The molecule has 0 saturated carbocycles. The second kappa shape index (κ2) is 7.41. The molecular formula is C26H12F6. The van der Waals surface area contributed by atoms with Gasteiger partial charge in [0.2, 0.25) is 0 Å². The molecule has 5 aromatic rings. The molecule has 0 aromatic heterocycles. The van der Waals surface area contributed by atoms with E-state index in [9.17, 15) is 26.3 Å². The van der Waals surface area contributed by atoms with Crippen LogP contribution in [0.15, 0.2) is 72.8 Å². The molecule has 32 heavy (non-hydrogen) atoms. The summed E-state index contributed by atoms with van der Waals surface area (Å²) in [5, 5.41) is 2.10. The van der Waals surface area contributed by atoms with Crippen molar-refractivity contribution in [2.45, 2.75) is 0 Å². The maximum absolute atomic E-state index is 14.1. The van der Waals surface area contributed by atoms with Crippen molar-refractivity contribution < 1.29 is 26.3 Å². The molecule has 0 spiro atoms. The molecule has 0 saturated heterocycles. The third-order valence-corrected chi connectivity index (χ3v) is 5.48. The zero-order valence-electron chi connectivity index (χ0n) is 16.2. The maximum atomic E-state index is 14.1. The second-order valence-electron chi connectivity index (χ2n) is 7.35. The van der Waals surface area contributed by atoms with Crippen LogP contribution in [-0.4, -0.2) is 0 Å². The molecule has 0 nitrogen and oxygen atoms in total. The lowest BCUT2D eigenvalue weighted by Crippen LogP contribution is -1.96. The van der Waals surface area contributed by atoms with E-state index >= 15 is 0 Å². The summed E-state index contributed by atoms with van der Waals surface area (Å²) in [6, 6.07) is 17.2. The molecular weight excluding hydrogens is 426 g/mol. The van der Waals surface area contributed by atoms with E-state index in [1.54, 1.807) is 48.5 Å². The zero-order valence-corrected chi connectivity index (χ0v) is 16.2. The van der Waals surface area contributed by atoms with Crippen LogP contribution in [0.25, 0.3) is 43.8 Å². The van der Waals surface area contributed by atoms with Gasteiger partial charge in [0.1, 0.15) is 0 Å². The first kappa shape index (κ1) is 20.1. The minimum atomic E-state index is -1.57. The average Bonchev–Trinajstić information content (AvgIpc) is 2.78. The molecule has 5 aromatic carbocycles. The Morgan fingerprint density at radius 1 is 0.375 bits per heavy atom. The molecule has 5 rings (SSSR count). The monoisotopic (exact) mass is 438 g/mol. The largest absolute Gasteiger partial charge is 0.204 e. The van der Waals surface area contributed by atoms with E-state index in [1.165, 1.54) is 0 Å². The summed E-state index contributed by atoms with van der Waals surface area (Å²) in [5.74, 6) is -8.48. The van der Waals surface area contributed by atoms with Crippen LogP contribution in [0.1, 0.15) is 0 Å². The Labute approximate surface area is 178 Å². The van der Waals surface area contributed by atoms with Crippen LogP contribution in [0.2, 0.25) is 0 Å². The van der Waals surface area contributed by atoms with Crippen LogP contribution in [0, 0.1) is 34.9 Å². The topological polar surface area (TPSA) is 0 Å². The molecule has 0 aliphatic carbocycles. The molecule has 6 heteroatoms. The van der Waals surface area contributed by atoms with Crippen molar-refractivity contribution in [2.75, 3.05) is 0 Å². The van der Waals surface area contributed by atoms with Gasteiger partial charge in [-0.25, -0.2) is 26.3 Å². The maximum Gasteiger partial charge on any atom is 0.194 e. The van der Waals surface area contributed by atoms with Crippen molar-refractivity contribution in [1.82, 2.24) is 0 Å². The molecule has 0 aliphatic rings. The fourth-order valence-electron chi connectivity index (χ4n) is 4.15. The predicted molar refractivity (Wildman–Crippen MR) is 112 cm³/mol. The lowest BCUT2D eigenvalue weighted by atomic mass is 9.86. The van der Waals surface area contributed by atoms with E-state index in [-0.39, 0.29) is 11.1 Å². The first-order valence-electron chi connectivity index (χ1n) is 9.60. The third-order valence-electron chi connectivity index (χ3n) is 5.48. The number of benzene rings is 5. The average molecular weight is 438 g/mol. The van der Waals surface area contributed by atoms with Crippen molar-refractivity contribution >= 4 is 21.5 Å². The molecule has 0 atom stereocenters. The Kier molecular flexibility index (Phi) is 4.66. The predicted octanol–water partition coefficient (Wildman–Crippen LogP) is 8.16. The van der Waals surface area contributed by atoms with Crippen LogP contribution in [0.4, 0.5) is 26.3 Å². The van der Waals surface area contributed by atoms with Gasteiger partial charge in [-0.05, 0) is 68.1 Å². The Balaban J connectivity index is 1.97. The zero-order chi connectivity index (χ0) is 22.6. The van der Waals surface area contributed by atoms with Crippen LogP contribution >= 0.6 is 0 Å². The Morgan fingerprint density at radius 2 is 0.625 bits per heavy atom. The number of rotatable bonds is 2. The van der Waals surface area contributed by atoms with Gasteiger partial charge in [0.05, 0.1) is 0 Å². The number of fused-ring (bicyclic) bond motifs is 2. The first-order chi connectivity index (χ1) is 15.4. The molecule has 0 bridgehead atoms. The smallest absolute Gasteiger partial charge is 0.194 e. The van der Waals surface area contributed by atoms with Gasteiger partial charge in [-0.3, -0.25) is 0 Å². The summed E-state index contributed by atoms with van der Waals surface area (Å²) < 4.78 is 83.4. The summed E-state index contributed by atoms with van der Waals surface area (Å²) in [6.45, 7) is 0. The highest BCUT2D eigenvalue weighted by atomic mass is 19.2. The van der Waals surface area contributed by atoms with Gasteiger partial charge in [-0.2, -0.15) is 0 Å². The standard InChI is InChI=1S/C26H12F6/c27-19-9-13(10-20(28)25(19)31)23-15-5-1-2-6-16(15)24(18-8-4-3-7-17(18)23)14-11-21(29)26(32)22(30)12-14/h1-12H. The number of halogens is 6. The Morgan fingerprint density at radius 3 is 0.875 bits per heavy atom. The third kappa shape index (κ3) is 3.02. The lowest BCUT2D eigenvalue weighted by Gasteiger charge is -2.18. The molecule has 0 N–H and O–H groups in total. The van der Waals surface area contributed by atoms with E-state index in [2.05, 4.69) is 0 Å². The number of hydrogen-bond donors (Lipinski definition) is 0. The minimum absolute atomic E-state index is 0.108. The van der Waals surface area contributed by atoms with E-state index in [1.807, 2.05) is 0 Å². The molecule has 158 valence electrons. The van der Waals surface area contributed by atoms with Crippen LogP contribution in [0.3, 0.4) is 0 Å². The van der Waals surface area contributed by atoms with Crippen LogP contribution < -0.4 is 0 Å². The quantitative estimate of drug-likeness (QED) is 0.148. The molecule has 0 amide bonds. The van der Waals surface area contributed by atoms with E-state index in [0.29, 0.717) is 32.7 Å². The molecule has 0 aliphatic heterocycles. The second-order valence-corrected chi connectivity index (χ2v) is 7.35. The van der Waals surface area contributed by atoms with Gasteiger partial charge in [0.25, 0.3) is 0 Å². The van der Waals surface area contributed by atoms with E-state index in [4.69, 9.17) is 0 Å². The van der Waals surface area contributed by atoms with Gasteiger partial charge in [0, 0.05) is 0 Å². The molecule has 0 heterocycles. The van der Waals surface area contributed by atoms with Gasteiger partial charge in [0.15, 0.2) is 34.9 Å². The summed E-state index contributed by atoms with van der Waals surface area (Å²) in [4.78, 5) is 0. The summed E-state index contributed by atoms with van der Waals surface area (Å²) in [5.41, 5.74) is 1.08. The summed E-state index contributed by atoms with van der Waals surface area (Å²) >= 11 is 0. The fraction of sp³-hybridized carbons (Fsp3) is 0. The number of hydrogen-bond acceptors (Lipinski definition) is 0. The minimum Gasteiger partial charge on any atom is -0.204 e. The molecule has 0 unspecified atom stereocenters. The first-order valence-corrected chi connectivity index (χ1v) is 9.60. The van der Waals surface area contributed by atoms with Crippen molar-refractivity contribution in [2.24, 2.45) is 0 Å². The Bertz CT molecular complexity index is 1320. The van der Waals surface area contributed by atoms with E-state index in [0.717, 1.165) is 24.3 Å².